The Morgan fingerprint density at radius 2 is 1.84 bits per heavy atom. The largest absolute Gasteiger partial charge is 0.396 e. The summed E-state index contributed by atoms with van der Waals surface area (Å²) in [4.78, 5) is 4.77. The predicted octanol–water partition coefficient (Wildman–Crippen LogP) is 4.40. The maximum atomic E-state index is 6.52. The van der Waals surface area contributed by atoms with Gasteiger partial charge in [0.2, 0.25) is 0 Å². The van der Waals surface area contributed by atoms with E-state index in [1.165, 1.54) is 5.01 Å². The zero-order valence-electron chi connectivity index (χ0n) is 16.7. The summed E-state index contributed by atoms with van der Waals surface area (Å²) in [5.74, 6) is 6.26. The second-order valence-electron chi connectivity index (χ2n) is 7.13. The molecule has 6 nitrogen and oxygen atoms in total. The molecule has 0 saturated heterocycles. The van der Waals surface area contributed by atoms with Crippen LogP contribution in [0.4, 0.5) is 0 Å². The summed E-state index contributed by atoms with van der Waals surface area (Å²) in [5.41, 5.74) is 17.8. The molecule has 6 N–H and O–H groups in total. The maximum Gasteiger partial charge on any atom is 0.137 e. The van der Waals surface area contributed by atoms with E-state index in [2.05, 4.69) is 0 Å². The molecule has 2 aromatic heterocycles. The van der Waals surface area contributed by atoms with E-state index >= 15 is 0 Å². The van der Waals surface area contributed by atoms with Crippen molar-refractivity contribution in [3.8, 4) is 11.3 Å². The van der Waals surface area contributed by atoms with Crippen molar-refractivity contribution in [1.29, 1.82) is 0 Å². The number of benzene rings is 2. The highest BCUT2D eigenvalue weighted by molar-refractivity contribution is 6.31. The van der Waals surface area contributed by atoms with E-state index in [1.807, 2.05) is 71.3 Å². The van der Waals surface area contributed by atoms with Gasteiger partial charge in [0.25, 0.3) is 0 Å². The third kappa shape index (κ3) is 4.52. The van der Waals surface area contributed by atoms with Crippen LogP contribution >= 0.6 is 23.2 Å². The Morgan fingerprint density at radius 3 is 2.58 bits per heavy atom. The van der Waals surface area contributed by atoms with Crippen molar-refractivity contribution < 1.29 is 0 Å². The smallest absolute Gasteiger partial charge is 0.137 e. The number of hydrogen-bond donors (Lipinski definition) is 3. The number of nitrogens with two attached hydrogens (primary N) is 3. The average Bonchev–Trinajstić information content (AvgIpc) is 3.15. The topological polar surface area (TPSA) is 98.6 Å². The third-order valence-electron chi connectivity index (χ3n) is 4.92. The number of halogens is 2. The molecule has 2 aromatic carbocycles. The van der Waals surface area contributed by atoms with Crippen molar-refractivity contribution >= 4 is 34.5 Å². The fraction of sp³-hybridized carbons (Fsp3) is 0.0870. The van der Waals surface area contributed by atoms with Crippen molar-refractivity contribution in [3.63, 3.8) is 0 Å². The highest BCUT2D eigenvalue weighted by Crippen LogP contribution is 2.29. The van der Waals surface area contributed by atoms with Crippen molar-refractivity contribution in [2.75, 3.05) is 0 Å². The molecule has 0 bridgehead atoms. The molecule has 4 rings (SSSR count). The van der Waals surface area contributed by atoms with Crippen LogP contribution in [0.15, 0.2) is 73.1 Å². The molecule has 0 amide bonds. The molecule has 2 heterocycles. The number of pyridine rings is 1. The Morgan fingerprint density at radius 1 is 1.06 bits per heavy atom. The zero-order valence-corrected chi connectivity index (χ0v) is 18.2. The number of imidazole rings is 1. The second kappa shape index (κ2) is 8.99. The van der Waals surface area contributed by atoms with E-state index in [-0.39, 0.29) is 0 Å². The third-order valence-corrected chi connectivity index (χ3v) is 5.54. The lowest BCUT2D eigenvalue weighted by Gasteiger charge is -2.16. The van der Waals surface area contributed by atoms with Gasteiger partial charge in [0.1, 0.15) is 5.65 Å². The van der Waals surface area contributed by atoms with E-state index in [1.54, 1.807) is 6.20 Å². The summed E-state index contributed by atoms with van der Waals surface area (Å²) < 4.78 is 1.94. The van der Waals surface area contributed by atoms with Crippen LogP contribution < -0.4 is 17.3 Å². The molecular weight excluding hydrogens is 431 g/mol. The summed E-state index contributed by atoms with van der Waals surface area (Å²) in [6, 6.07) is 19.0. The lowest BCUT2D eigenvalue weighted by molar-refractivity contribution is 0.387. The normalized spacial score (nSPS) is 11.8. The van der Waals surface area contributed by atoms with Crippen LogP contribution in [-0.2, 0) is 13.1 Å². The summed E-state index contributed by atoms with van der Waals surface area (Å²) in [7, 11) is 0. The molecule has 158 valence electrons. The number of hydrazine groups is 1. The minimum absolute atomic E-state index is 0.363. The molecule has 0 aliphatic heterocycles. The zero-order chi connectivity index (χ0) is 22.0. The highest BCUT2D eigenvalue weighted by atomic mass is 35.5. The van der Waals surface area contributed by atoms with Gasteiger partial charge in [-0.05, 0) is 41.5 Å². The lowest BCUT2D eigenvalue weighted by Crippen LogP contribution is -2.26. The molecule has 0 radical (unpaired) electrons. The van der Waals surface area contributed by atoms with Crippen LogP contribution in [0.25, 0.3) is 22.6 Å². The van der Waals surface area contributed by atoms with E-state index in [9.17, 15) is 0 Å². The minimum Gasteiger partial charge on any atom is -0.396 e. The monoisotopic (exact) mass is 452 g/mol. The summed E-state index contributed by atoms with van der Waals surface area (Å²) in [6.45, 7) is 0.805. The molecule has 0 atom stereocenters. The Balaban J connectivity index is 1.71. The van der Waals surface area contributed by atoms with Crippen LogP contribution in [0.5, 0.6) is 0 Å². The Labute approximate surface area is 190 Å². The van der Waals surface area contributed by atoms with Gasteiger partial charge in [-0.25, -0.2) is 10.8 Å². The highest BCUT2D eigenvalue weighted by Gasteiger charge is 2.16. The summed E-state index contributed by atoms with van der Waals surface area (Å²) in [6.07, 6.45) is 3.62. The molecule has 0 saturated carbocycles. The van der Waals surface area contributed by atoms with Crippen LogP contribution in [0.2, 0.25) is 10.0 Å². The molecular formula is C23H22Cl2N6. The first-order valence-corrected chi connectivity index (χ1v) is 10.4. The van der Waals surface area contributed by atoms with Crippen molar-refractivity contribution in [2.24, 2.45) is 17.3 Å². The average molecular weight is 453 g/mol. The molecule has 0 aliphatic rings. The van der Waals surface area contributed by atoms with Crippen molar-refractivity contribution in [2.45, 2.75) is 13.1 Å². The summed E-state index contributed by atoms with van der Waals surface area (Å²) in [5, 5.41) is 2.83. The van der Waals surface area contributed by atoms with Gasteiger partial charge < -0.3 is 16.5 Å². The van der Waals surface area contributed by atoms with Crippen LogP contribution in [0.1, 0.15) is 16.8 Å². The number of hydrogen-bond acceptors (Lipinski definition) is 5. The minimum atomic E-state index is 0.363. The van der Waals surface area contributed by atoms with Gasteiger partial charge in [-0.1, -0.05) is 53.5 Å². The van der Waals surface area contributed by atoms with Gasteiger partial charge in [0.05, 0.1) is 23.6 Å². The fourth-order valence-corrected chi connectivity index (χ4v) is 3.78. The summed E-state index contributed by atoms with van der Waals surface area (Å²) >= 11 is 12.2. The lowest BCUT2D eigenvalue weighted by atomic mass is 10.1. The molecule has 0 aliphatic carbocycles. The first-order chi connectivity index (χ1) is 15.0. The number of nitrogens with zero attached hydrogens (tertiary/aromatic N) is 3. The van der Waals surface area contributed by atoms with E-state index in [4.69, 9.17) is 45.5 Å². The van der Waals surface area contributed by atoms with Gasteiger partial charge in [-0.3, -0.25) is 4.40 Å². The maximum absolute atomic E-state index is 6.52. The van der Waals surface area contributed by atoms with Gasteiger partial charge in [0, 0.05) is 34.6 Å². The van der Waals surface area contributed by atoms with E-state index in [0.717, 1.165) is 33.7 Å². The van der Waals surface area contributed by atoms with Crippen LogP contribution in [0.3, 0.4) is 0 Å². The van der Waals surface area contributed by atoms with E-state index < -0.39 is 0 Å². The quantitative estimate of drug-likeness (QED) is 0.297. The number of aromatic nitrogens is 2. The van der Waals surface area contributed by atoms with Crippen molar-refractivity contribution in [1.82, 2.24) is 14.4 Å². The van der Waals surface area contributed by atoms with Gasteiger partial charge >= 0.3 is 0 Å². The molecule has 0 unspecified atom stereocenters. The molecule has 4 aromatic rings. The molecule has 0 spiro atoms. The van der Waals surface area contributed by atoms with Gasteiger partial charge in [0.15, 0.2) is 0 Å². The SMILES string of the molecule is NCc1cc(CN(N)/C=C(\N)c2c(-c3ccc(Cl)cc3)nc3ccccn23)ccc1Cl. The molecule has 8 heteroatoms. The number of rotatable bonds is 6. The van der Waals surface area contributed by atoms with Gasteiger partial charge in [-0.2, -0.15) is 0 Å². The van der Waals surface area contributed by atoms with Gasteiger partial charge in [-0.15, -0.1) is 0 Å². The van der Waals surface area contributed by atoms with E-state index in [0.29, 0.717) is 28.8 Å². The Kier molecular flexibility index (Phi) is 6.15. The first-order valence-electron chi connectivity index (χ1n) is 9.65. The van der Waals surface area contributed by atoms with Crippen LogP contribution in [0, 0.1) is 0 Å². The molecule has 0 fully saturated rings. The second-order valence-corrected chi connectivity index (χ2v) is 7.98. The first kappa shape index (κ1) is 21.2. The molecule has 31 heavy (non-hydrogen) atoms. The predicted molar refractivity (Wildman–Crippen MR) is 127 cm³/mol. The standard InChI is InChI=1S/C23H22Cl2N6/c24-18-7-5-16(6-8-18)22-23(31-10-2-1-3-21(31)29-22)20(27)14-30(28)13-15-4-9-19(25)17(11-15)12-26/h1-11,14H,12-13,26-28H2/b20-14-. The number of fused-ring (bicyclic) bond motifs is 1. The Bertz CT molecular complexity index is 1250. The fourth-order valence-electron chi connectivity index (χ4n) is 3.46. The van der Waals surface area contributed by atoms with Crippen molar-refractivity contribution in [3.05, 3.63) is 99.9 Å². The Hall–Kier alpha value is -3.03. The van der Waals surface area contributed by atoms with Crippen LogP contribution in [-0.4, -0.2) is 14.4 Å².